The monoisotopic (exact) mass is 242 g/mol. The Morgan fingerprint density at radius 2 is 0.923 bits per heavy atom. The molecule has 8 nitrogen and oxygen atoms in total. The van der Waals surface area contributed by atoms with Gasteiger partial charge in [-0.2, -0.15) is 16.8 Å². The Hall–Kier alpha value is -0.260. The van der Waals surface area contributed by atoms with Crippen LogP contribution in [0.3, 0.4) is 0 Å². The van der Waals surface area contributed by atoms with Crippen molar-refractivity contribution in [3.63, 3.8) is 0 Å². The third kappa shape index (κ3) is 14.6. The molecule has 86 valence electrons. The van der Waals surface area contributed by atoms with E-state index in [9.17, 15) is 16.8 Å². The molecule has 0 atom stereocenters. The summed E-state index contributed by atoms with van der Waals surface area (Å²) in [6, 6.07) is 0. The lowest BCUT2D eigenvalue weighted by Gasteiger charge is -1.84. The van der Waals surface area contributed by atoms with E-state index >= 15 is 0 Å². The van der Waals surface area contributed by atoms with Crippen LogP contribution in [0.5, 0.6) is 0 Å². The summed E-state index contributed by atoms with van der Waals surface area (Å²) in [5, 5.41) is 0. The van der Waals surface area contributed by atoms with Gasteiger partial charge in [0.1, 0.15) is 0 Å². The van der Waals surface area contributed by atoms with E-state index in [1.165, 1.54) is 6.42 Å². The molecular weight excluding hydrogens is 228 g/mol. The average molecular weight is 242 g/mol. The standard InChI is InChI=1S/C3H8.H2O6S2.2H2O/c1-3-2;1-7(2,3)8(4,5)6;;/h3H2,1-2H3;(H,1,2,3)(H,4,5,6);2*1H2. The molecule has 0 aliphatic heterocycles. The Morgan fingerprint density at radius 1 is 0.846 bits per heavy atom. The fraction of sp³-hybridized carbons (Fsp3) is 1.00. The zero-order chi connectivity index (χ0) is 9.71. The molecule has 10 heteroatoms. The molecule has 0 aliphatic rings. The molecule has 0 unspecified atom stereocenters. The van der Waals surface area contributed by atoms with Gasteiger partial charge in [0.25, 0.3) is 0 Å². The number of rotatable bonds is 1. The van der Waals surface area contributed by atoms with Crippen molar-refractivity contribution in [3.05, 3.63) is 0 Å². The molecule has 6 N–H and O–H groups in total. The predicted molar refractivity (Wildman–Crippen MR) is 46.3 cm³/mol. The van der Waals surface area contributed by atoms with E-state index < -0.39 is 18.3 Å². The van der Waals surface area contributed by atoms with Crippen molar-refractivity contribution >= 4 is 18.3 Å². The molecule has 0 aliphatic carbocycles. The summed E-state index contributed by atoms with van der Waals surface area (Å²) in [5.74, 6) is 0. The van der Waals surface area contributed by atoms with Crippen molar-refractivity contribution in [2.24, 2.45) is 0 Å². The first-order valence-electron chi connectivity index (χ1n) is 2.61. The van der Waals surface area contributed by atoms with Crippen molar-refractivity contribution in [2.75, 3.05) is 0 Å². The predicted octanol–water partition coefficient (Wildman–Crippen LogP) is -1.56. The van der Waals surface area contributed by atoms with Crippen LogP contribution in [0.1, 0.15) is 20.3 Å². The normalized spacial score (nSPS) is 9.85. The van der Waals surface area contributed by atoms with Gasteiger partial charge in [0.2, 0.25) is 0 Å². The minimum Gasteiger partial charge on any atom is -0.412 e. The summed E-state index contributed by atoms with van der Waals surface area (Å²) >= 11 is 0. The fourth-order valence-electron chi connectivity index (χ4n) is 0. The molecule has 0 fully saturated rings. The Balaban J connectivity index is -0.0000000720. The zero-order valence-corrected chi connectivity index (χ0v) is 8.68. The van der Waals surface area contributed by atoms with Crippen molar-refractivity contribution in [2.45, 2.75) is 20.3 Å². The maximum absolute atomic E-state index is 9.37. The van der Waals surface area contributed by atoms with Crippen molar-refractivity contribution in [1.29, 1.82) is 0 Å². The van der Waals surface area contributed by atoms with E-state index in [4.69, 9.17) is 9.11 Å². The van der Waals surface area contributed by atoms with Gasteiger partial charge in [-0.25, -0.2) is 0 Å². The Kier molecular flexibility index (Phi) is 14.8. The third-order valence-corrected chi connectivity index (χ3v) is 2.40. The molecule has 0 heterocycles. The highest BCUT2D eigenvalue weighted by Crippen LogP contribution is 1.90. The lowest BCUT2D eigenvalue weighted by atomic mass is 10.6. The van der Waals surface area contributed by atoms with Crippen LogP contribution < -0.4 is 0 Å². The first-order valence-corrected chi connectivity index (χ1v) is 6.01. The van der Waals surface area contributed by atoms with Crippen LogP contribution in [0.25, 0.3) is 0 Å². The molecule has 0 bridgehead atoms. The quantitative estimate of drug-likeness (QED) is 0.415. The summed E-state index contributed by atoms with van der Waals surface area (Å²) in [6.45, 7) is 4.25. The molecule has 0 rings (SSSR count). The fourth-order valence-corrected chi connectivity index (χ4v) is 0. The van der Waals surface area contributed by atoms with Gasteiger partial charge < -0.3 is 11.0 Å². The van der Waals surface area contributed by atoms with Crippen molar-refractivity contribution in [1.82, 2.24) is 0 Å². The second kappa shape index (κ2) is 8.34. The van der Waals surface area contributed by atoms with E-state index in [0.29, 0.717) is 0 Å². The molecule has 0 saturated carbocycles. The third-order valence-electron chi connectivity index (χ3n) is 0.266. The minimum atomic E-state index is -5.31. The molecule has 0 aromatic heterocycles. The number of hydrogen-bond acceptors (Lipinski definition) is 4. The second-order valence-corrected chi connectivity index (χ2v) is 5.80. The highest BCUT2D eigenvalue weighted by Gasteiger charge is 2.22. The van der Waals surface area contributed by atoms with E-state index in [1.807, 2.05) is 0 Å². The van der Waals surface area contributed by atoms with Crippen LogP contribution in [-0.2, 0) is 18.3 Å². The van der Waals surface area contributed by atoms with Crippen molar-refractivity contribution in [3.8, 4) is 0 Å². The van der Waals surface area contributed by atoms with Crippen LogP contribution >= 0.6 is 0 Å². The first kappa shape index (κ1) is 23.0. The zero-order valence-electron chi connectivity index (χ0n) is 7.05. The van der Waals surface area contributed by atoms with E-state index in [1.54, 1.807) is 0 Å². The summed E-state index contributed by atoms with van der Waals surface area (Å²) in [7, 11) is -10.6. The topological polar surface area (TPSA) is 172 Å². The Labute approximate surface area is 76.1 Å². The highest BCUT2D eigenvalue weighted by atomic mass is 33.2. The molecule has 0 amide bonds. The lowest BCUT2D eigenvalue weighted by Crippen LogP contribution is -2.11. The molecular formula is C3H14O8S2. The average Bonchev–Trinajstić information content (AvgIpc) is 1.60. The molecule has 0 radical (unpaired) electrons. The SMILES string of the molecule is CCC.O.O.O=S(=O)(O)S(=O)(=O)O. The van der Waals surface area contributed by atoms with E-state index in [-0.39, 0.29) is 11.0 Å². The summed E-state index contributed by atoms with van der Waals surface area (Å²) in [4.78, 5) is 0. The van der Waals surface area contributed by atoms with Crippen LogP contribution in [0.2, 0.25) is 0 Å². The van der Waals surface area contributed by atoms with Gasteiger partial charge in [0.15, 0.2) is 0 Å². The van der Waals surface area contributed by atoms with Crippen LogP contribution in [0, 0.1) is 0 Å². The largest absolute Gasteiger partial charge is 0.412 e. The maximum Gasteiger partial charge on any atom is 0.397 e. The van der Waals surface area contributed by atoms with Gasteiger partial charge in [-0.15, -0.1) is 0 Å². The van der Waals surface area contributed by atoms with Crippen LogP contribution in [0.4, 0.5) is 0 Å². The Bertz CT molecular complexity index is 243. The summed E-state index contributed by atoms with van der Waals surface area (Å²) in [5.41, 5.74) is 0. The molecule has 13 heavy (non-hydrogen) atoms. The van der Waals surface area contributed by atoms with Gasteiger partial charge >= 0.3 is 18.3 Å². The van der Waals surface area contributed by atoms with Gasteiger partial charge in [-0.1, -0.05) is 20.3 Å². The highest BCUT2D eigenvalue weighted by molar-refractivity contribution is 8.62. The summed E-state index contributed by atoms with van der Waals surface area (Å²) < 4.78 is 52.5. The van der Waals surface area contributed by atoms with E-state index in [2.05, 4.69) is 13.8 Å². The van der Waals surface area contributed by atoms with Gasteiger partial charge in [-0.3, -0.25) is 9.11 Å². The first-order chi connectivity index (χ1) is 4.66. The number of hydrogen-bond donors (Lipinski definition) is 2. The van der Waals surface area contributed by atoms with Gasteiger partial charge in [0.05, 0.1) is 0 Å². The van der Waals surface area contributed by atoms with Gasteiger partial charge in [-0.05, 0) is 0 Å². The Morgan fingerprint density at radius 3 is 0.923 bits per heavy atom. The maximum atomic E-state index is 9.37. The minimum absolute atomic E-state index is 0. The van der Waals surface area contributed by atoms with Crippen LogP contribution in [0.15, 0.2) is 0 Å². The summed E-state index contributed by atoms with van der Waals surface area (Å²) in [6.07, 6.45) is 1.25. The second-order valence-electron chi connectivity index (χ2n) is 1.56. The molecule has 0 spiro atoms. The van der Waals surface area contributed by atoms with Crippen molar-refractivity contribution < 1.29 is 36.9 Å². The lowest BCUT2D eigenvalue weighted by molar-refractivity contribution is 0.460. The van der Waals surface area contributed by atoms with Crippen LogP contribution in [-0.4, -0.2) is 36.9 Å². The molecule has 0 aromatic rings. The smallest absolute Gasteiger partial charge is 0.397 e. The molecule has 0 saturated heterocycles. The van der Waals surface area contributed by atoms with E-state index in [0.717, 1.165) is 0 Å². The molecule has 0 aromatic carbocycles. The van der Waals surface area contributed by atoms with Gasteiger partial charge in [0, 0.05) is 0 Å².